The van der Waals surface area contributed by atoms with E-state index in [1.54, 1.807) is 26.0 Å². The Kier molecular flexibility index (Phi) is 6.19. The van der Waals surface area contributed by atoms with Crippen molar-refractivity contribution in [3.63, 3.8) is 0 Å². The van der Waals surface area contributed by atoms with Gasteiger partial charge in [-0.3, -0.25) is 5.43 Å². The molecule has 0 unspecified atom stereocenters. The van der Waals surface area contributed by atoms with Crippen molar-refractivity contribution in [3.05, 3.63) is 49.1 Å². The molecule has 0 aliphatic carbocycles. The molecule has 2 aromatic rings. The van der Waals surface area contributed by atoms with Crippen LogP contribution in [-0.4, -0.2) is 16.4 Å². The van der Waals surface area contributed by atoms with E-state index in [2.05, 4.69) is 22.4 Å². The van der Waals surface area contributed by atoms with Gasteiger partial charge in [0.1, 0.15) is 5.60 Å². The topological polar surface area (TPSA) is 44.6 Å². The Balaban J connectivity index is 2.18. The van der Waals surface area contributed by atoms with Crippen molar-refractivity contribution in [3.8, 4) is 11.8 Å². The highest BCUT2D eigenvalue weighted by molar-refractivity contribution is 7.14. The normalized spacial score (nSPS) is 11.9. The molecule has 7 heteroatoms. The van der Waals surface area contributed by atoms with Crippen molar-refractivity contribution < 1.29 is 5.11 Å². The van der Waals surface area contributed by atoms with Gasteiger partial charge in [-0.25, -0.2) is 0 Å². The van der Waals surface area contributed by atoms with Crippen LogP contribution in [0.1, 0.15) is 30.5 Å². The number of benzene rings is 1. The van der Waals surface area contributed by atoms with Crippen LogP contribution in [0.15, 0.2) is 29.4 Å². The van der Waals surface area contributed by atoms with Crippen LogP contribution in [0.3, 0.4) is 0 Å². The summed E-state index contributed by atoms with van der Waals surface area (Å²) in [6.07, 6.45) is 0. The van der Waals surface area contributed by atoms with Crippen molar-refractivity contribution in [1.82, 2.24) is 0 Å². The van der Waals surface area contributed by atoms with Gasteiger partial charge in [0.25, 0.3) is 0 Å². The molecule has 1 aromatic heterocycles. The first-order valence-electron chi connectivity index (χ1n) is 6.96. The van der Waals surface area contributed by atoms with E-state index < -0.39 is 5.60 Å². The third kappa shape index (κ3) is 5.41. The number of nitrogens with zero attached hydrogens (tertiary/aromatic N) is 1. The molecule has 0 saturated carbocycles. The summed E-state index contributed by atoms with van der Waals surface area (Å²) in [7, 11) is 0. The Morgan fingerprint density at radius 1 is 1.21 bits per heavy atom. The van der Waals surface area contributed by atoms with Gasteiger partial charge in [0.05, 0.1) is 31.2 Å². The molecule has 0 bridgehead atoms. The Hall–Kier alpha value is -1.22. The summed E-state index contributed by atoms with van der Waals surface area (Å²) < 4.78 is 0. The van der Waals surface area contributed by atoms with Gasteiger partial charge < -0.3 is 5.11 Å². The van der Waals surface area contributed by atoms with Crippen LogP contribution in [-0.2, 0) is 0 Å². The Morgan fingerprint density at radius 2 is 1.83 bits per heavy atom. The van der Waals surface area contributed by atoms with Crippen molar-refractivity contribution >= 4 is 57.5 Å². The maximum atomic E-state index is 9.64. The minimum absolute atomic E-state index is 0.395. The molecule has 0 radical (unpaired) electrons. The molecule has 2 rings (SSSR count). The smallest absolute Gasteiger partial charge is 0.120 e. The predicted octanol–water partition coefficient (Wildman–Crippen LogP) is 5.67. The second-order valence-corrected chi connectivity index (χ2v) is 7.86. The van der Waals surface area contributed by atoms with E-state index in [4.69, 9.17) is 34.8 Å². The molecule has 0 saturated heterocycles. The molecule has 24 heavy (non-hydrogen) atoms. The molecule has 0 aliphatic heterocycles. The summed E-state index contributed by atoms with van der Waals surface area (Å²) >= 11 is 19.6. The highest BCUT2D eigenvalue weighted by Gasteiger charge is 2.09. The zero-order valence-corrected chi connectivity index (χ0v) is 16.3. The molecule has 0 amide bonds. The lowest BCUT2D eigenvalue weighted by Crippen LogP contribution is -2.14. The first kappa shape index (κ1) is 19.1. The predicted molar refractivity (Wildman–Crippen MR) is 105 cm³/mol. The first-order chi connectivity index (χ1) is 11.2. The van der Waals surface area contributed by atoms with Gasteiger partial charge in [0.2, 0.25) is 0 Å². The Bertz CT molecular complexity index is 818. The SMILES string of the molecule is C/C(=N\Nc1c(Cl)cc(Cl)cc1Cl)c1ccc(C#CC(C)(C)O)s1. The Morgan fingerprint density at radius 3 is 2.42 bits per heavy atom. The van der Waals surface area contributed by atoms with E-state index in [-0.39, 0.29) is 0 Å². The Labute approximate surface area is 160 Å². The quantitative estimate of drug-likeness (QED) is 0.395. The van der Waals surface area contributed by atoms with E-state index in [0.717, 1.165) is 15.5 Å². The summed E-state index contributed by atoms with van der Waals surface area (Å²) in [5, 5.41) is 15.2. The number of thiophene rings is 1. The minimum Gasteiger partial charge on any atom is -0.378 e. The second-order valence-electron chi connectivity index (χ2n) is 5.53. The zero-order valence-electron chi connectivity index (χ0n) is 13.2. The van der Waals surface area contributed by atoms with Crippen LogP contribution in [0.25, 0.3) is 0 Å². The fourth-order valence-electron chi connectivity index (χ4n) is 1.66. The van der Waals surface area contributed by atoms with E-state index in [0.29, 0.717) is 20.8 Å². The fraction of sp³-hybridized carbons (Fsp3) is 0.235. The van der Waals surface area contributed by atoms with Crippen LogP contribution >= 0.6 is 46.1 Å². The summed E-state index contributed by atoms with van der Waals surface area (Å²) in [5.74, 6) is 5.73. The third-order valence-electron chi connectivity index (χ3n) is 2.80. The molecule has 2 N–H and O–H groups in total. The largest absolute Gasteiger partial charge is 0.378 e. The van der Waals surface area contributed by atoms with Crippen LogP contribution in [0.5, 0.6) is 0 Å². The average molecular weight is 402 g/mol. The number of hydrogen-bond acceptors (Lipinski definition) is 4. The van der Waals surface area contributed by atoms with Crippen LogP contribution in [0.4, 0.5) is 5.69 Å². The van der Waals surface area contributed by atoms with Crippen molar-refractivity contribution in [2.24, 2.45) is 5.10 Å². The summed E-state index contributed by atoms with van der Waals surface area (Å²) in [5.41, 5.74) is 3.11. The van der Waals surface area contributed by atoms with Gasteiger partial charge >= 0.3 is 0 Å². The van der Waals surface area contributed by atoms with Gasteiger partial charge in [-0.1, -0.05) is 46.6 Å². The number of hydrazone groups is 1. The number of rotatable bonds is 3. The van der Waals surface area contributed by atoms with Gasteiger partial charge in [-0.2, -0.15) is 5.10 Å². The van der Waals surface area contributed by atoms with Gasteiger partial charge in [-0.05, 0) is 45.0 Å². The van der Waals surface area contributed by atoms with Crippen LogP contribution in [0.2, 0.25) is 15.1 Å². The van der Waals surface area contributed by atoms with Crippen molar-refractivity contribution in [1.29, 1.82) is 0 Å². The first-order valence-corrected chi connectivity index (χ1v) is 8.91. The molecular weight excluding hydrogens is 387 g/mol. The van der Waals surface area contributed by atoms with Gasteiger partial charge in [0, 0.05) is 5.02 Å². The lowest BCUT2D eigenvalue weighted by atomic mass is 10.1. The molecule has 1 heterocycles. The van der Waals surface area contributed by atoms with Crippen LogP contribution < -0.4 is 5.43 Å². The average Bonchev–Trinajstić information content (AvgIpc) is 2.92. The van der Waals surface area contributed by atoms with E-state index >= 15 is 0 Å². The van der Waals surface area contributed by atoms with Crippen molar-refractivity contribution in [2.75, 3.05) is 5.43 Å². The third-order valence-corrected chi connectivity index (χ3v) is 4.72. The lowest BCUT2D eigenvalue weighted by molar-refractivity contribution is 0.143. The number of aliphatic hydroxyl groups is 1. The molecule has 0 aliphatic rings. The molecular formula is C17H15Cl3N2OS. The summed E-state index contributed by atoms with van der Waals surface area (Å²) in [6, 6.07) is 7.00. The van der Waals surface area contributed by atoms with Crippen LogP contribution in [0, 0.1) is 11.8 Å². The monoisotopic (exact) mass is 400 g/mol. The number of anilines is 1. The van der Waals surface area contributed by atoms with E-state index in [1.165, 1.54) is 11.3 Å². The number of nitrogens with one attached hydrogen (secondary N) is 1. The summed E-state index contributed by atoms with van der Waals surface area (Å²) in [4.78, 5) is 1.80. The van der Waals surface area contributed by atoms with Crippen molar-refractivity contribution in [2.45, 2.75) is 26.4 Å². The molecule has 0 atom stereocenters. The maximum Gasteiger partial charge on any atom is 0.120 e. The molecule has 1 aromatic carbocycles. The highest BCUT2D eigenvalue weighted by atomic mass is 35.5. The highest BCUT2D eigenvalue weighted by Crippen LogP contribution is 2.33. The number of halogens is 3. The second kappa shape index (κ2) is 7.77. The maximum absolute atomic E-state index is 9.64. The standard InChI is InChI=1S/C17H15Cl3N2OS/c1-10(15-5-4-12(24-15)6-7-17(2,3)23)21-22-16-13(19)8-11(18)9-14(16)20/h4-5,8-9,22-23H,1-3H3/b21-10+. The van der Waals surface area contributed by atoms with Gasteiger partial charge in [0.15, 0.2) is 0 Å². The minimum atomic E-state index is -1.02. The molecule has 0 spiro atoms. The summed E-state index contributed by atoms with van der Waals surface area (Å²) in [6.45, 7) is 5.15. The fourth-order valence-corrected chi connectivity index (χ4v) is 3.36. The molecule has 126 valence electrons. The lowest BCUT2D eigenvalue weighted by Gasteiger charge is -2.07. The molecule has 3 nitrogen and oxygen atoms in total. The molecule has 0 fully saturated rings. The van der Waals surface area contributed by atoms with E-state index in [1.807, 2.05) is 19.1 Å². The van der Waals surface area contributed by atoms with E-state index in [9.17, 15) is 5.11 Å². The van der Waals surface area contributed by atoms with Gasteiger partial charge in [-0.15, -0.1) is 11.3 Å². The number of hydrogen-bond donors (Lipinski definition) is 2. The zero-order chi connectivity index (χ0) is 17.9.